The van der Waals surface area contributed by atoms with Crippen molar-refractivity contribution in [2.45, 2.75) is 39.7 Å². The van der Waals surface area contributed by atoms with E-state index >= 15 is 0 Å². The number of amides is 1. The number of para-hydroxylation sites is 2. The number of hydrogen-bond donors (Lipinski definition) is 0. The van der Waals surface area contributed by atoms with Crippen LogP contribution < -0.4 is 0 Å². The van der Waals surface area contributed by atoms with E-state index in [1.165, 1.54) is 17.5 Å². The number of benzene rings is 2. The van der Waals surface area contributed by atoms with Gasteiger partial charge in [-0.15, -0.1) is 0 Å². The number of aromatic nitrogens is 2. The van der Waals surface area contributed by atoms with E-state index in [9.17, 15) is 4.79 Å². The lowest BCUT2D eigenvalue weighted by Crippen LogP contribution is -2.37. The molecule has 4 nitrogen and oxygen atoms in total. The van der Waals surface area contributed by atoms with Crippen LogP contribution in [0.5, 0.6) is 0 Å². The Kier molecular flexibility index (Phi) is 4.49. The quantitative estimate of drug-likeness (QED) is 0.707. The van der Waals surface area contributed by atoms with Gasteiger partial charge in [0.2, 0.25) is 5.91 Å². The highest BCUT2D eigenvalue weighted by molar-refractivity contribution is 5.85. The van der Waals surface area contributed by atoms with Gasteiger partial charge in [0, 0.05) is 18.7 Å². The van der Waals surface area contributed by atoms with Gasteiger partial charge in [0.1, 0.15) is 12.4 Å². The van der Waals surface area contributed by atoms with Crippen molar-refractivity contribution in [3.63, 3.8) is 0 Å². The third kappa shape index (κ3) is 3.12. The summed E-state index contributed by atoms with van der Waals surface area (Å²) in [5, 5.41) is 0. The smallest absolute Gasteiger partial charge is 0.242 e. The highest BCUT2D eigenvalue weighted by Crippen LogP contribution is 2.28. The average molecular weight is 347 g/mol. The fraction of sp³-hybridized carbons (Fsp3) is 0.364. The highest BCUT2D eigenvalue weighted by Gasteiger charge is 2.21. The molecule has 0 atom stereocenters. The minimum atomic E-state index is 0.193. The van der Waals surface area contributed by atoms with Gasteiger partial charge in [-0.1, -0.05) is 35.9 Å². The second kappa shape index (κ2) is 6.94. The molecular formula is C22H25N3O. The Hall–Kier alpha value is -2.62. The molecule has 0 aliphatic carbocycles. The van der Waals surface area contributed by atoms with Crippen LogP contribution in [0.25, 0.3) is 22.4 Å². The summed E-state index contributed by atoms with van der Waals surface area (Å²) in [5.41, 5.74) is 5.48. The third-order valence-corrected chi connectivity index (χ3v) is 5.28. The highest BCUT2D eigenvalue weighted by atomic mass is 16.2. The van der Waals surface area contributed by atoms with Crippen LogP contribution in [0.1, 0.15) is 30.4 Å². The molecule has 2 heterocycles. The van der Waals surface area contributed by atoms with Crippen molar-refractivity contribution in [1.82, 2.24) is 14.5 Å². The van der Waals surface area contributed by atoms with Crippen LogP contribution in [0.15, 0.2) is 42.5 Å². The molecule has 4 heteroatoms. The Bertz CT molecular complexity index is 951. The van der Waals surface area contributed by atoms with E-state index in [-0.39, 0.29) is 5.91 Å². The minimum absolute atomic E-state index is 0.193. The zero-order chi connectivity index (χ0) is 18.1. The summed E-state index contributed by atoms with van der Waals surface area (Å²) in [6, 6.07) is 14.5. The number of likely N-dealkylation sites (tertiary alicyclic amines) is 1. The van der Waals surface area contributed by atoms with E-state index in [1.807, 2.05) is 23.1 Å². The van der Waals surface area contributed by atoms with Gasteiger partial charge in [0.05, 0.1) is 11.0 Å². The van der Waals surface area contributed by atoms with E-state index in [4.69, 9.17) is 4.98 Å². The van der Waals surface area contributed by atoms with E-state index in [0.29, 0.717) is 6.54 Å². The maximum Gasteiger partial charge on any atom is 0.242 e. The van der Waals surface area contributed by atoms with Crippen molar-refractivity contribution < 1.29 is 4.79 Å². The third-order valence-electron chi connectivity index (χ3n) is 5.28. The van der Waals surface area contributed by atoms with Crippen LogP contribution in [0.3, 0.4) is 0 Å². The zero-order valence-electron chi connectivity index (χ0n) is 15.5. The van der Waals surface area contributed by atoms with Gasteiger partial charge in [-0.05, 0) is 50.8 Å². The number of imidazole rings is 1. The molecule has 26 heavy (non-hydrogen) atoms. The molecule has 0 bridgehead atoms. The summed E-state index contributed by atoms with van der Waals surface area (Å²) >= 11 is 0. The summed E-state index contributed by atoms with van der Waals surface area (Å²) in [5.74, 6) is 1.08. The second-order valence-corrected chi connectivity index (χ2v) is 7.27. The predicted molar refractivity (Wildman–Crippen MR) is 105 cm³/mol. The standard InChI is InChI=1S/C22H25N3O/c1-16-10-11-18(17(2)14-16)22-23-19-8-4-5-9-20(19)25(22)15-21(26)24-12-6-3-7-13-24/h4-5,8-11,14H,3,6-7,12-13,15H2,1-2H3. The second-order valence-electron chi connectivity index (χ2n) is 7.27. The van der Waals surface area contributed by atoms with Crippen molar-refractivity contribution >= 4 is 16.9 Å². The van der Waals surface area contributed by atoms with Gasteiger partial charge in [0.25, 0.3) is 0 Å². The molecule has 1 fully saturated rings. The number of hydrogen-bond acceptors (Lipinski definition) is 2. The molecule has 1 amide bonds. The molecule has 1 aliphatic heterocycles. The Morgan fingerprint density at radius 3 is 2.58 bits per heavy atom. The average Bonchev–Trinajstić information content (AvgIpc) is 3.01. The van der Waals surface area contributed by atoms with Gasteiger partial charge >= 0.3 is 0 Å². The number of rotatable bonds is 3. The number of fused-ring (bicyclic) bond motifs is 1. The molecule has 0 unspecified atom stereocenters. The van der Waals surface area contributed by atoms with Crippen molar-refractivity contribution in [1.29, 1.82) is 0 Å². The number of nitrogens with zero attached hydrogens (tertiary/aromatic N) is 3. The van der Waals surface area contributed by atoms with Gasteiger partial charge in [0.15, 0.2) is 0 Å². The monoisotopic (exact) mass is 347 g/mol. The van der Waals surface area contributed by atoms with Gasteiger partial charge < -0.3 is 9.47 Å². The van der Waals surface area contributed by atoms with Crippen LogP contribution in [0.4, 0.5) is 0 Å². The number of piperidine rings is 1. The fourth-order valence-corrected chi connectivity index (χ4v) is 3.88. The van der Waals surface area contributed by atoms with Crippen LogP contribution in [-0.4, -0.2) is 33.4 Å². The summed E-state index contributed by atoms with van der Waals surface area (Å²) < 4.78 is 2.09. The molecule has 0 saturated carbocycles. The maximum atomic E-state index is 12.9. The van der Waals surface area contributed by atoms with Gasteiger partial charge in [-0.2, -0.15) is 0 Å². The lowest BCUT2D eigenvalue weighted by atomic mass is 10.1. The number of carbonyl (C=O) groups is 1. The molecule has 1 aromatic heterocycles. The minimum Gasteiger partial charge on any atom is -0.341 e. The molecule has 134 valence electrons. The first kappa shape index (κ1) is 16.8. The number of aryl methyl sites for hydroxylation is 2. The molecule has 0 N–H and O–H groups in total. The molecule has 3 aromatic rings. The SMILES string of the molecule is Cc1ccc(-c2nc3ccccc3n2CC(=O)N2CCCCC2)c(C)c1. The Labute approximate surface area is 154 Å². The van der Waals surface area contributed by atoms with E-state index < -0.39 is 0 Å². The fourth-order valence-electron chi connectivity index (χ4n) is 3.88. The predicted octanol–water partition coefficient (Wildman–Crippen LogP) is 4.33. The van der Waals surface area contributed by atoms with Crippen molar-refractivity contribution in [3.05, 3.63) is 53.6 Å². The summed E-state index contributed by atoms with van der Waals surface area (Å²) in [4.78, 5) is 19.8. The Morgan fingerprint density at radius 1 is 1.04 bits per heavy atom. The van der Waals surface area contributed by atoms with Gasteiger partial charge in [-0.25, -0.2) is 4.98 Å². The first-order chi connectivity index (χ1) is 12.6. The van der Waals surface area contributed by atoms with Crippen molar-refractivity contribution in [2.75, 3.05) is 13.1 Å². The molecular weight excluding hydrogens is 322 g/mol. The first-order valence-corrected chi connectivity index (χ1v) is 9.44. The summed E-state index contributed by atoms with van der Waals surface area (Å²) in [6.45, 7) is 6.32. The molecule has 2 aromatic carbocycles. The maximum absolute atomic E-state index is 12.9. The number of carbonyl (C=O) groups excluding carboxylic acids is 1. The Balaban J connectivity index is 1.78. The van der Waals surface area contributed by atoms with E-state index in [1.54, 1.807) is 0 Å². The van der Waals surface area contributed by atoms with Crippen molar-refractivity contribution in [3.8, 4) is 11.4 Å². The summed E-state index contributed by atoms with van der Waals surface area (Å²) in [6.07, 6.45) is 3.45. The van der Waals surface area contributed by atoms with Gasteiger partial charge in [-0.3, -0.25) is 4.79 Å². The van der Waals surface area contributed by atoms with Crippen LogP contribution >= 0.6 is 0 Å². The van der Waals surface area contributed by atoms with E-state index in [2.05, 4.69) is 42.7 Å². The normalized spacial score (nSPS) is 14.8. The lowest BCUT2D eigenvalue weighted by Gasteiger charge is -2.27. The molecule has 0 radical (unpaired) electrons. The van der Waals surface area contributed by atoms with E-state index in [0.717, 1.165) is 48.4 Å². The topological polar surface area (TPSA) is 38.1 Å². The molecule has 1 aliphatic rings. The van der Waals surface area contributed by atoms with Crippen LogP contribution in [-0.2, 0) is 11.3 Å². The zero-order valence-corrected chi connectivity index (χ0v) is 15.5. The first-order valence-electron chi connectivity index (χ1n) is 9.44. The van der Waals surface area contributed by atoms with Crippen LogP contribution in [0, 0.1) is 13.8 Å². The van der Waals surface area contributed by atoms with Crippen molar-refractivity contribution in [2.24, 2.45) is 0 Å². The lowest BCUT2D eigenvalue weighted by molar-refractivity contribution is -0.132. The molecule has 0 spiro atoms. The Morgan fingerprint density at radius 2 is 1.81 bits per heavy atom. The summed E-state index contributed by atoms with van der Waals surface area (Å²) in [7, 11) is 0. The molecule has 4 rings (SSSR count). The largest absolute Gasteiger partial charge is 0.341 e. The molecule has 1 saturated heterocycles. The van der Waals surface area contributed by atoms with Crippen LogP contribution in [0.2, 0.25) is 0 Å².